The number of hydroxylamine groups is 1. The van der Waals surface area contributed by atoms with Gasteiger partial charge in [0.05, 0.1) is 11.5 Å². The number of nitrogens with one attached hydrogen (secondary N) is 1. The van der Waals surface area contributed by atoms with Gasteiger partial charge in [0.25, 0.3) is 5.69 Å². The third-order valence-electron chi connectivity index (χ3n) is 4.40. The van der Waals surface area contributed by atoms with E-state index in [0.29, 0.717) is 24.3 Å². The average Bonchev–Trinajstić information content (AvgIpc) is 2.75. The van der Waals surface area contributed by atoms with Crippen LogP contribution in [0.1, 0.15) is 12.0 Å². The van der Waals surface area contributed by atoms with Gasteiger partial charge in [0.15, 0.2) is 0 Å². The normalized spacial score (nSPS) is 12.4. The van der Waals surface area contributed by atoms with E-state index in [2.05, 4.69) is 10.3 Å². The van der Waals surface area contributed by atoms with Gasteiger partial charge in [-0.05, 0) is 43.8 Å². The molecule has 1 N–H and O–H groups in total. The van der Waals surface area contributed by atoms with Gasteiger partial charge in [-0.15, -0.1) is 0 Å². The first-order chi connectivity index (χ1) is 14.0. The number of hydrogen-bond donors (Lipinski definition) is 1. The second-order valence-electron chi connectivity index (χ2n) is 6.55. The first-order valence-corrected chi connectivity index (χ1v) is 9.38. The summed E-state index contributed by atoms with van der Waals surface area (Å²) in [7, 11) is 1.84. The van der Waals surface area contributed by atoms with Crippen LogP contribution in [-0.2, 0) is 0 Å². The molecule has 3 rings (SSSR count). The van der Waals surface area contributed by atoms with Crippen LogP contribution in [-0.4, -0.2) is 30.0 Å². The number of non-ortho nitro benzene ring substituents is 1. The Labute approximate surface area is 171 Å². The molecular formula is C22H26N4O3. The van der Waals surface area contributed by atoms with Crippen molar-refractivity contribution in [2.75, 3.05) is 20.1 Å². The van der Waals surface area contributed by atoms with Gasteiger partial charge in [-0.2, -0.15) is 0 Å². The van der Waals surface area contributed by atoms with Crippen molar-refractivity contribution < 1.29 is 4.92 Å². The van der Waals surface area contributed by atoms with E-state index in [1.54, 1.807) is 24.5 Å². The highest BCUT2D eigenvalue weighted by Crippen LogP contribution is 2.34. The predicted octanol–water partition coefficient (Wildman–Crippen LogP) is 4.73. The number of quaternary nitrogens is 1. The molecule has 0 radical (unpaired) electrons. The van der Waals surface area contributed by atoms with Crippen molar-refractivity contribution in [3.8, 4) is 0 Å². The fourth-order valence-corrected chi connectivity index (χ4v) is 2.80. The maximum atomic E-state index is 13.4. The Morgan fingerprint density at radius 3 is 2.03 bits per heavy atom. The monoisotopic (exact) mass is 394 g/mol. The van der Waals surface area contributed by atoms with E-state index in [0.717, 1.165) is 6.54 Å². The number of nitro groups is 1. The van der Waals surface area contributed by atoms with Gasteiger partial charge in [-0.1, -0.05) is 18.2 Å². The van der Waals surface area contributed by atoms with Gasteiger partial charge in [0.1, 0.15) is 11.4 Å². The lowest BCUT2D eigenvalue weighted by Crippen LogP contribution is -2.39. The lowest BCUT2D eigenvalue weighted by atomic mass is 10.2. The molecule has 0 amide bonds. The molecule has 7 heteroatoms. The summed E-state index contributed by atoms with van der Waals surface area (Å²) in [5, 5.41) is 27.2. The van der Waals surface area contributed by atoms with Crippen molar-refractivity contribution in [3.63, 3.8) is 0 Å². The van der Waals surface area contributed by atoms with Gasteiger partial charge in [-0.25, -0.2) is 0 Å². The lowest BCUT2D eigenvalue weighted by molar-refractivity contribution is -0.384. The highest BCUT2D eigenvalue weighted by Gasteiger charge is 2.24. The molecule has 29 heavy (non-hydrogen) atoms. The molecule has 0 aliphatic rings. The van der Waals surface area contributed by atoms with E-state index in [1.807, 2.05) is 44.3 Å². The summed E-state index contributed by atoms with van der Waals surface area (Å²) in [5.41, 5.74) is 2.36. The van der Waals surface area contributed by atoms with Crippen molar-refractivity contribution in [2.24, 2.45) is 0 Å². The maximum absolute atomic E-state index is 13.4. The first kappa shape index (κ1) is 22.2. The third kappa shape index (κ3) is 6.46. The Morgan fingerprint density at radius 2 is 1.55 bits per heavy atom. The van der Waals surface area contributed by atoms with Crippen LogP contribution >= 0.6 is 0 Å². The van der Waals surface area contributed by atoms with Crippen LogP contribution in [0.4, 0.5) is 17.1 Å². The second-order valence-corrected chi connectivity index (χ2v) is 6.55. The number of benzene rings is 2. The second kappa shape index (κ2) is 11.0. The van der Waals surface area contributed by atoms with E-state index in [-0.39, 0.29) is 5.69 Å². The topological polar surface area (TPSA) is 91.1 Å². The van der Waals surface area contributed by atoms with Crippen LogP contribution < -0.4 is 9.96 Å². The SMILES string of the molecule is CNCCC[N+]([O-])(c1ccccc1)c1ccc([N+](=O)[O-])cc1.Cc1ccncc1. The summed E-state index contributed by atoms with van der Waals surface area (Å²) >= 11 is 0. The number of nitrogens with zero attached hydrogens (tertiary/aromatic N) is 3. The third-order valence-corrected chi connectivity index (χ3v) is 4.40. The van der Waals surface area contributed by atoms with Crippen LogP contribution in [0.2, 0.25) is 0 Å². The van der Waals surface area contributed by atoms with Crippen molar-refractivity contribution in [3.05, 3.63) is 100 Å². The van der Waals surface area contributed by atoms with Crippen molar-refractivity contribution >= 4 is 17.1 Å². The summed E-state index contributed by atoms with van der Waals surface area (Å²) in [6, 6.07) is 18.9. The Kier molecular flexibility index (Phi) is 8.42. The Bertz CT molecular complexity index is 874. The fourth-order valence-electron chi connectivity index (χ4n) is 2.80. The van der Waals surface area contributed by atoms with Gasteiger partial charge in [-0.3, -0.25) is 19.7 Å². The minimum atomic E-state index is -0.624. The molecule has 2 aromatic carbocycles. The molecule has 0 aliphatic heterocycles. The number of hydrogen-bond acceptors (Lipinski definition) is 5. The number of pyridine rings is 1. The zero-order valence-electron chi connectivity index (χ0n) is 16.7. The Morgan fingerprint density at radius 1 is 0.966 bits per heavy atom. The smallest absolute Gasteiger partial charge is 0.269 e. The highest BCUT2D eigenvalue weighted by molar-refractivity contribution is 5.60. The summed E-state index contributed by atoms with van der Waals surface area (Å²) < 4.78 is -0.624. The Hall–Kier alpha value is -3.13. The molecule has 1 unspecified atom stereocenters. The van der Waals surface area contributed by atoms with Crippen molar-refractivity contribution in [1.82, 2.24) is 14.9 Å². The molecular weight excluding hydrogens is 368 g/mol. The van der Waals surface area contributed by atoms with E-state index < -0.39 is 9.57 Å². The number of para-hydroxylation sites is 1. The summed E-state index contributed by atoms with van der Waals surface area (Å²) in [6.07, 6.45) is 4.27. The minimum Gasteiger partial charge on any atom is -0.622 e. The summed E-state index contributed by atoms with van der Waals surface area (Å²) in [4.78, 5) is 14.1. The number of nitro benzene ring substituents is 1. The lowest BCUT2D eigenvalue weighted by Gasteiger charge is -2.41. The summed E-state index contributed by atoms with van der Waals surface area (Å²) in [5.74, 6) is 0. The van der Waals surface area contributed by atoms with Crippen LogP contribution in [0.25, 0.3) is 0 Å². The van der Waals surface area contributed by atoms with Crippen molar-refractivity contribution in [2.45, 2.75) is 13.3 Å². The van der Waals surface area contributed by atoms with Crippen LogP contribution in [0, 0.1) is 22.2 Å². The highest BCUT2D eigenvalue weighted by atomic mass is 16.6. The maximum Gasteiger partial charge on any atom is 0.269 e. The molecule has 7 nitrogen and oxygen atoms in total. The number of aryl methyl sites for hydroxylation is 1. The van der Waals surface area contributed by atoms with Crippen LogP contribution in [0.3, 0.4) is 0 Å². The van der Waals surface area contributed by atoms with Crippen LogP contribution in [0.5, 0.6) is 0 Å². The summed E-state index contributed by atoms with van der Waals surface area (Å²) in [6.45, 7) is 3.15. The molecule has 1 aromatic heterocycles. The molecule has 152 valence electrons. The van der Waals surface area contributed by atoms with Gasteiger partial charge in [0.2, 0.25) is 0 Å². The molecule has 1 atom stereocenters. The molecule has 0 fully saturated rings. The zero-order chi connectivity index (χ0) is 21.1. The molecule has 3 aromatic rings. The molecule has 0 saturated carbocycles. The van der Waals surface area contributed by atoms with Crippen molar-refractivity contribution in [1.29, 1.82) is 0 Å². The van der Waals surface area contributed by atoms with Gasteiger partial charge >= 0.3 is 0 Å². The number of aromatic nitrogens is 1. The fraction of sp³-hybridized carbons (Fsp3) is 0.227. The van der Waals surface area contributed by atoms with E-state index in [1.165, 1.54) is 29.8 Å². The molecule has 0 bridgehead atoms. The van der Waals surface area contributed by atoms with E-state index in [9.17, 15) is 15.3 Å². The Balaban J connectivity index is 0.000000360. The molecule has 0 saturated heterocycles. The first-order valence-electron chi connectivity index (χ1n) is 9.38. The molecule has 1 heterocycles. The van der Waals surface area contributed by atoms with Gasteiger partial charge in [0, 0.05) is 49.6 Å². The molecule has 0 aliphatic carbocycles. The average molecular weight is 394 g/mol. The van der Waals surface area contributed by atoms with E-state index in [4.69, 9.17) is 0 Å². The van der Waals surface area contributed by atoms with Gasteiger partial charge < -0.3 is 10.5 Å². The largest absolute Gasteiger partial charge is 0.622 e. The minimum absolute atomic E-state index is 0.0152. The predicted molar refractivity (Wildman–Crippen MR) is 117 cm³/mol. The quantitative estimate of drug-likeness (QED) is 0.271. The number of rotatable bonds is 7. The van der Waals surface area contributed by atoms with Crippen LogP contribution in [0.15, 0.2) is 79.1 Å². The van der Waals surface area contributed by atoms with E-state index >= 15 is 0 Å². The standard InChI is InChI=1S/C16H19N3O3.C6H7N/c1-17-12-5-13-19(22,15-6-3-2-4-7-15)16-10-8-14(9-11-16)18(20)21;1-6-2-4-7-5-3-6/h2-4,6-11,17H,5,12-13H2,1H3;2-5H,1H3. The molecule has 0 spiro atoms. The zero-order valence-corrected chi connectivity index (χ0v) is 16.7.